The highest BCUT2D eigenvalue weighted by Gasteiger charge is 2.29. The lowest BCUT2D eigenvalue weighted by Gasteiger charge is -2.22. The molecule has 0 saturated heterocycles. The third-order valence-electron chi connectivity index (χ3n) is 3.09. The minimum Gasteiger partial charge on any atom is -0.444 e. The maximum absolute atomic E-state index is 12.2. The van der Waals surface area contributed by atoms with Crippen LogP contribution >= 0.6 is 11.8 Å². The van der Waals surface area contributed by atoms with Crippen LogP contribution in [0.15, 0.2) is 22.8 Å². The number of ether oxygens (including phenoxy) is 1. The van der Waals surface area contributed by atoms with E-state index in [4.69, 9.17) is 4.74 Å². The summed E-state index contributed by atoms with van der Waals surface area (Å²) in [5.41, 5.74) is 0.283. The van der Waals surface area contributed by atoms with Crippen molar-refractivity contribution < 1.29 is 14.3 Å². The summed E-state index contributed by atoms with van der Waals surface area (Å²) in [5.74, 6) is 0.797. The Morgan fingerprint density at radius 1 is 1.48 bits per heavy atom. The van der Waals surface area contributed by atoms with E-state index in [0.717, 1.165) is 12.1 Å². The number of nitrogens with one attached hydrogen (secondary N) is 2. The van der Waals surface area contributed by atoms with Gasteiger partial charge in [-0.3, -0.25) is 4.79 Å². The fourth-order valence-electron chi connectivity index (χ4n) is 2.11. The molecule has 0 spiro atoms. The van der Waals surface area contributed by atoms with Gasteiger partial charge in [0, 0.05) is 10.7 Å². The van der Waals surface area contributed by atoms with E-state index in [0.29, 0.717) is 11.7 Å². The molecule has 2 rings (SSSR count). The Labute approximate surface area is 129 Å². The van der Waals surface area contributed by atoms with Gasteiger partial charge in [0.1, 0.15) is 11.6 Å². The van der Waals surface area contributed by atoms with E-state index in [1.54, 1.807) is 32.5 Å². The largest absolute Gasteiger partial charge is 0.444 e. The van der Waals surface area contributed by atoms with Crippen LogP contribution in [0.25, 0.3) is 0 Å². The van der Waals surface area contributed by atoms with Crippen LogP contribution in [-0.2, 0) is 9.53 Å². The van der Waals surface area contributed by atoms with Crippen LogP contribution < -0.4 is 10.6 Å². The van der Waals surface area contributed by atoms with Crippen LogP contribution in [0.5, 0.6) is 0 Å². The highest BCUT2D eigenvalue weighted by molar-refractivity contribution is 8.03. The molecule has 5 nitrogen and oxygen atoms in total. The zero-order chi connectivity index (χ0) is 15.6. The summed E-state index contributed by atoms with van der Waals surface area (Å²) in [6, 6.07) is -0.584. The summed E-state index contributed by atoms with van der Waals surface area (Å²) in [7, 11) is 0. The molecule has 0 aromatic rings. The molecule has 1 aliphatic heterocycles. The lowest BCUT2D eigenvalue weighted by Crippen LogP contribution is -2.48. The van der Waals surface area contributed by atoms with Crippen molar-refractivity contribution in [1.29, 1.82) is 0 Å². The number of hydrogen-bond donors (Lipinski definition) is 2. The second-order valence-corrected chi connectivity index (χ2v) is 7.49. The van der Waals surface area contributed by atoms with Gasteiger partial charge in [0.25, 0.3) is 0 Å². The van der Waals surface area contributed by atoms with Gasteiger partial charge in [-0.15, -0.1) is 11.8 Å². The van der Waals surface area contributed by atoms with Gasteiger partial charge in [0.15, 0.2) is 0 Å². The quantitative estimate of drug-likeness (QED) is 0.781. The first-order valence-corrected chi connectivity index (χ1v) is 8.07. The van der Waals surface area contributed by atoms with Gasteiger partial charge in [-0.05, 0) is 39.2 Å². The zero-order valence-corrected chi connectivity index (χ0v) is 13.7. The molecule has 0 bridgehead atoms. The van der Waals surface area contributed by atoms with E-state index in [2.05, 4.69) is 23.6 Å². The summed E-state index contributed by atoms with van der Waals surface area (Å²) < 4.78 is 5.20. The van der Waals surface area contributed by atoms with Gasteiger partial charge < -0.3 is 15.4 Å². The Hall–Kier alpha value is -1.43. The predicted octanol–water partition coefficient (Wildman–Crippen LogP) is 2.55. The second kappa shape index (κ2) is 6.13. The number of alkyl carbamates (subject to hydrolysis) is 1. The average Bonchev–Trinajstić information content (AvgIpc) is 2.48. The molecule has 0 aromatic carbocycles. The van der Waals surface area contributed by atoms with Gasteiger partial charge in [-0.2, -0.15) is 0 Å². The first kappa shape index (κ1) is 15.9. The fourth-order valence-corrected chi connectivity index (χ4v) is 3.37. The molecule has 2 atom stereocenters. The number of amides is 2. The van der Waals surface area contributed by atoms with Gasteiger partial charge in [-0.25, -0.2) is 4.79 Å². The molecule has 2 amide bonds. The van der Waals surface area contributed by atoms with E-state index in [1.165, 1.54) is 4.91 Å². The van der Waals surface area contributed by atoms with Crippen molar-refractivity contribution in [2.45, 2.75) is 45.8 Å². The van der Waals surface area contributed by atoms with Crippen molar-refractivity contribution in [2.24, 2.45) is 5.92 Å². The molecule has 0 radical (unpaired) electrons. The third-order valence-corrected chi connectivity index (χ3v) is 4.32. The molecular formula is C15H22N2O3S. The van der Waals surface area contributed by atoms with Crippen molar-refractivity contribution in [2.75, 3.05) is 5.75 Å². The summed E-state index contributed by atoms with van der Waals surface area (Å²) in [6.45, 7) is 7.52. The Bertz CT molecular complexity index is 506. The topological polar surface area (TPSA) is 67.4 Å². The van der Waals surface area contributed by atoms with Crippen LogP contribution in [0.3, 0.4) is 0 Å². The average molecular weight is 310 g/mol. The van der Waals surface area contributed by atoms with Crippen molar-refractivity contribution in [1.82, 2.24) is 10.6 Å². The molecule has 0 saturated carbocycles. The molecule has 0 aromatic heterocycles. The van der Waals surface area contributed by atoms with E-state index in [1.807, 2.05) is 6.08 Å². The van der Waals surface area contributed by atoms with Crippen molar-refractivity contribution in [3.05, 3.63) is 22.8 Å². The SMILES string of the molecule is CC1C=CC2=C(C1)SCC(NC(=O)OC(C)(C)C)C(=O)N2. The molecule has 2 aliphatic rings. The number of rotatable bonds is 1. The molecule has 6 heteroatoms. The van der Waals surface area contributed by atoms with Gasteiger partial charge in [0.2, 0.25) is 5.91 Å². The molecule has 116 valence electrons. The van der Waals surface area contributed by atoms with E-state index < -0.39 is 17.7 Å². The number of thioether (sulfide) groups is 1. The Kier molecular flexibility index (Phi) is 4.66. The molecule has 2 unspecified atom stereocenters. The Balaban J connectivity index is 1.98. The maximum Gasteiger partial charge on any atom is 0.408 e. The normalized spacial score (nSPS) is 25.8. The van der Waals surface area contributed by atoms with Crippen molar-refractivity contribution in [3.8, 4) is 0 Å². The first-order valence-electron chi connectivity index (χ1n) is 7.09. The molecular weight excluding hydrogens is 288 g/mol. The van der Waals surface area contributed by atoms with Crippen molar-refractivity contribution in [3.63, 3.8) is 0 Å². The molecule has 1 aliphatic carbocycles. The maximum atomic E-state index is 12.2. The standard InChI is InChI=1S/C15H22N2O3S/c1-9-5-6-10-12(7-9)21-8-11(13(18)16-10)17-14(19)20-15(2,3)4/h5-6,9,11H,7-8H2,1-4H3,(H,16,18)(H,17,19). The van der Waals surface area contributed by atoms with Gasteiger partial charge in [0.05, 0.1) is 5.70 Å². The third kappa shape index (κ3) is 4.52. The molecule has 21 heavy (non-hydrogen) atoms. The lowest BCUT2D eigenvalue weighted by molar-refractivity contribution is -0.121. The minimum atomic E-state index is -0.584. The fraction of sp³-hybridized carbons (Fsp3) is 0.600. The number of carbonyl (C=O) groups excluding carboxylic acids is 2. The molecule has 1 heterocycles. The summed E-state index contributed by atoms with van der Waals surface area (Å²) in [4.78, 5) is 25.2. The summed E-state index contributed by atoms with van der Waals surface area (Å²) in [6.07, 6.45) is 4.40. The zero-order valence-electron chi connectivity index (χ0n) is 12.9. The van der Waals surface area contributed by atoms with Crippen LogP contribution in [-0.4, -0.2) is 29.4 Å². The van der Waals surface area contributed by atoms with Gasteiger partial charge >= 0.3 is 6.09 Å². The highest BCUT2D eigenvalue weighted by Crippen LogP contribution is 2.33. The highest BCUT2D eigenvalue weighted by atomic mass is 32.2. The minimum absolute atomic E-state index is 0.197. The number of hydrogen-bond acceptors (Lipinski definition) is 4. The van der Waals surface area contributed by atoms with E-state index in [9.17, 15) is 9.59 Å². The predicted molar refractivity (Wildman–Crippen MR) is 83.7 cm³/mol. The first-order chi connectivity index (χ1) is 9.74. The Morgan fingerprint density at radius 2 is 2.19 bits per heavy atom. The smallest absolute Gasteiger partial charge is 0.408 e. The molecule has 0 fully saturated rings. The summed E-state index contributed by atoms with van der Waals surface area (Å²) in [5, 5.41) is 5.52. The van der Waals surface area contributed by atoms with Crippen LogP contribution in [0.2, 0.25) is 0 Å². The monoisotopic (exact) mass is 310 g/mol. The summed E-state index contributed by atoms with van der Waals surface area (Å²) >= 11 is 1.62. The number of carbonyl (C=O) groups is 2. The lowest BCUT2D eigenvalue weighted by atomic mass is 10.0. The van der Waals surface area contributed by atoms with E-state index in [-0.39, 0.29) is 5.91 Å². The molecule has 2 N–H and O–H groups in total. The van der Waals surface area contributed by atoms with Crippen LogP contribution in [0, 0.1) is 5.92 Å². The Morgan fingerprint density at radius 3 is 2.86 bits per heavy atom. The van der Waals surface area contributed by atoms with Gasteiger partial charge in [-0.1, -0.05) is 13.0 Å². The van der Waals surface area contributed by atoms with Crippen LogP contribution in [0.1, 0.15) is 34.1 Å². The van der Waals surface area contributed by atoms with Crippen LogP contribution in [0.4, 0.5) is 4.79 Å². The van der Waals surface area contributed by atoms with E-state index >= 15 is 0 Å². The second-order valence-electron chi connectivity index (χ2n) is 6.38. The number of allylic oxidation sites excluding steroid dienone is 3. The van der Waals surface area contributed by atoms with Crippen molar-refractivity contribution >= 4 is 23.8 Å².